The molecule has 2 aromatic heterocycles. The SMILES string of the molecule is CCc1nc(SCC(=O)N2c3ccccc3CCc3ccccc32)c2c(C)c(C)sc2n1. The highest BCUT2D eigenvalue weighted by molar-refractivity contribution is 8.00. The third-order valence-electron chi connectivity index (χ3n) is 6.07. The molecule has 3 heterocycles. The van der Waals surface area contributed by atoms with Crippen molar-refractivity contribution < 1.29 is 4.79 Å². The highest BCUT2D eigenvalue weighted by atomic mass is 32.2. The molecule has 2 aromatic carbocycles. The second kappa shape index (κ2) is 8.68. The van der Waals surface area contributed by atoms with Crippen molar-refractivity contribution in [3.05, 3.63) is 75.9 Å². The van der Waals surface area contributed by atoms with E-state index in [0.717, 1.165) is 51.7 Å². The Morgan fingerprint density at radius 2 is 1.62 bits per heavy atom. The Bertz CT molecular complexity index is 1280. The van der Waals surface area contributed by atoms with Crippen molar-refractivity contribution in [1.82, 2.24) is 9.97 Å². The predicted octanol–water partition coefficient (Wildman–Crippen LogP) is 6.43. The average molecular weight is 460 g/mol. The fourth-order valence-electron chi connectivity index (χ4n) is 4.26. The van der Waals surface area contributed by atoms with Gasteiger partial charge in [0.15, 0.2) is 0 Å². The lowest BCUT2D eigenvalue weighted by Crippen LogP contribution is -2.28. The first kappa shape index (κ1) is 21.2. The van der Waals surface area contributed by atoms with E-state index >= 15 is 0 Å². The zero-order valence-corrected chi connectivity index (χ0v) is 20.1. The topological polar surface area (TPSA) is 46.1 Å². The first-order valence-corrected chi connectivity index (χ1v) is 12.7. The van der Waals surface area contributed by atoms with Gasteiger partial charge in [0, 0.05) is 16.7 Å². The number of hydrogen-bond acceptors (Lipinski definition) is 5. The number of hydrogen-bond donors (Lipinski definition) is 0. The van der Waals surface area contributed by atoms with Gasteiger partial charge in [0.05, 0.1) is 17.1 Å². The number of carbonyl (C=O) groups is 1. The van der Waals surface area contributed by atoms with Crippen LogP contribution < -0.4 is 4.90 Å². The van der Waals surface area contributed by atoms with Crippen LogP contribution in [0.25, 0.3) is 10.2 Å². The van der Waals surface area contributed by atoms with E-state index in [1.54, 1.807) is 11.3 Å². The molecule has 0 saturated carbocycles. The summed E-state index contributed by atoms with van der Waals surface area (Å²) < 4.78 is 0. The number of fused-ring (bicyclic) bond motifs is 3. The number of aryl methyl sites for hydroxylation is 5. The lowest BCUT2D eigenvalue weighted by atomic mass is 10.0. The largest absolute Gasteiger partial charge is 0.280 e. The van der Waals surface area contributed by atoms with E-state index in [1.165, 1.54) is 33.3 Å². The fourth-order valence-corrected chi connectivity index (χ4v) is 6.33. The third kappa shape index (κ3) is 3.71. The van der Waals surface area contributed by atoms with Gasteiger partial charge in [-0.3, -0.25) is 9.69 Å². The molecule has 0 unspecified atom stereocenters. The van der Waals surface area contributed by atoms with Gasteiger partial charge in [0.25, 0.3) is 0 Å². The van der Waals surface area contributed by atoms with E-state index in [1.807, 2.05) is 17.0 Å². The Balaban J connectivity index is 1.52. The molecule has 0 aliphatic carbocycles. The van der Waals surface area contributed by atoms with Gasteiger partial charge in [-0.1, -0.05) is 55.1 Å². The monoisotopic (exact) mass is 459 g/mol. The maximum Gasteiger partial charge on any atom is 0.241 e. The zero-order valence-electron chi connectivity index (χ0n) is 18.5. The first-order valence-electron chi connectivity index (χ1n) is 10.9. The second-order valence-electron chi connectivity index (χ2n) is 8.04. The molecule has 1 amide bonds. The number of rotatable bonds is 4. The second-order valence-corrected chi connectivity index (χ2v) is 10.2. The minimum absolute atomic E-state index is 0.0752. The summed E-state index contributed by atoms with van der Waals surface area (Å²) in [5.74, 6) is 1.23. The third-order valence-corrected chi connectivity index (χ3v) is 8.13. The molecule has 162 valence electrons. The van der Waals surface area contributed by atoms with Gasteiger partial charge in [-0.2, -0.15) is 0 Å². The number of benzene rings is 2. The molecule has 5 rings (SSSR count). The first-order chi connectivity index (χ1) is 15.6. The van der Waals surface area contributed by atoms with E-state index in [0.29, 0.717) is 5.75 Å². The van der Waals surface area contributed by atoms with Crippen molar-refractivity contribution >= 4 is 50.6 Å². The molecule has 0 atom stereocenters. The summed E-state index contributed by atoms with van der Waals surface area (Å²) >= 11 is 3.24. The molecule has 0 radical (unpaired) electrons. The number of carbonyl (C=O) groups excluding carboxylic acids is 1. The van der Waals surface area contributed by atoms with E-state index in [-0.39, 0.29) is 5.91 Å². The molecular formula is C26H25N3OS2. The van der Waals surface area contributed by atoms with Gasteiger partial charge in [0.2, 0.25) is 5.91 Å². The van der Waals surface area contributed by atoms with Gasteiger partial charge in [-0.15, -0.1) is 11.3 Å². The summed E-state index contributed by atoms with van der Waals surface area (Å²) in [4.78, 5) is 27.4. The number of nitrogens with zero attached hydrogens (tertiary/aromatic N) is 3. The number of thioether (sulfide) groups is 1. The molecule has 0 saturated heterocycles. The summed E-state index contributed by atoms with van der Waals surface area (Å²) in [6, 6.07) is 16.5. The van der Waals surface area contributed by atoms with Crippen molar-refractivity contribution in [2.45, 2.75) is 45.1 Å². The van der Waals surface area contributed by atoms with Gasteiger partial charge >= 0.3 is 0 Å². The average Bonchev–Trinajstić information content (AvgIpc) is 3.00. The van der Waals surface area contributed by atoms with E-state index in [9.17, 15) is 4.79 Å². The van der Waals surface area contributed by atoms with Gasteiger partial charge in [-0.25, -0.2) is 9.97 Å². The highest BCUT2D eigenvalue weighted by Crippen LogP contribution is 2.38. The highest BCUT2D eigenvalue weighted by Gasteiger charge is 2.26. The molecule has 4 aromatic rings. The Morgan fingerprint density at radius 1 is 1.00 bits per heavy atom. The molecule has 0 fully saturated rings. The molecule has 32 heavy (non-hydrogen) atoms. The summed E-state index contributed by atoms with van der Waals surface area (Å²) in [6.07, 6.45) is 2.65. The zero-order chi connectivity index (χ0) is 22.2. The molecule has 1 aliphatic heterocycles. The van der Waals surface area contributed by atoms with Gasteiger partial charge in [0.1, 0.15) is 15.7 Å². The molecule has 1 aliphatic rings. The molecular weight excluding hydrogens is 434 g/mol. The van der Waals surface area contributed by atoms with Crippen LogP contribution in [-0.2, 0) is 24.1 Å². The van der Waals surface area contributed by atoms with Crippen LogP contribution in [0.5, 0.6) is 0 Å². The molecule has 0 N–H and O–H groups in total. The van der Waals surface area contributed by atoms with Crippen LogP contribution in [0.1, 0.15) is 34.3 Å². The molecule has 0 bridgehead atoms. The summed E-state index contributed by atoms with van der Waals surface area (Å²) in [5.41, 5.74) is 5.63. The Kier molecular flexibility index (Phi) is 5.74. The van der Waals surface area contributed by atoms with Gasteiger partial charge in [-0.05, 0) is 55.5 Å². The number of aromatic nitrogens is 2. The number of anilines is 2. The summed E-state index contributed by atoms with van der Waals surface area (Å²) in [7, 11) is 0. The van der Waals surface area contributed by atoms with Gasteiger partial charge < -0.3 is 0 Å². The van der Waals surface area contributed by atoms with Crippen LogP contribution in [0, 0.1) is 13.8 Å². The number of amides is 1. The Morgan fingerprint density at radius 3 is 2.25 bits per heavy atom. The van der Waals surface area contributed by atoms with Crippen LogP contribution >= 0.6 is 23.1 Å². The standard InChI is InChI=1S/C26H25N3OS2/c1-4-22-27-25(24-16(2)17(3)32-26(24)28-22)31-15-23(30)29-20-11-7-5-9-18(20)13-14-19-10-6-8-12-21(19)29/h5-12H,4,13-15H2,1-3H3. The number of para-hydroxylation sites is 2. The molecule has 6 heteroatoms. The minimum Gasteiger partial charge on any atom is -0.280 e. The van der Waals surface area contributed by atoms with Crippen molar-refractivity contribution in [2.24, 2.45) is 0 Å². The summed E-state index contributed by atoms with van der Waals surface area (Å²) in [6.45, 7) is 6.31. The quantitative estimate of drug-likeness (QED) is 0.261. The van der Waals surface area contributed by atoms with Crippen LogP contribution in [0.4, 0.5) is 11.4 Å². The lowest BCUT2D eigenvalue weighted by Gasteiger charge is -2.25. The maximum absolute atomic E-state index is 13.7. The van der Waals surface area contributed by atoms with Crippen molar-refractivity contribution in [3.8, 4) is 0 Å². The smallest absolute Gasteiger partial charge is 0.241 e. The minimum atomic E-state index is 0.0752. The molecule has 4 nitrogen and oxygen atoms in total. The van der Waals surface area contributed by atoms with E-state index < -0.39 is 0 Å². The maximum atomic E-state index is 13.7. The van der Waals surface area contributed by atoms with Crippen molar-refractivity contribution in [3.63, 3.8) is 0 Å². The lowest BCUT2D eigenvalue weighted by molar-refractivity contribution is -0.115. The van der Waals surface area contributed by atoms with E-state index in [4.69, 9.17) is 9.97 Å². The van der Waals surface area contributed by atoms with Crippen LogP contribution in [-0.4, -0.2) is 21.6 Å². The number of thiophene rings is 1. The predicted molar refractivity (Wildman–Crippen MR) is 134 cm³/mol. The van der Waals surface area contributed by atoms with E-state index in [2.05, 4.69) is 57.2 Å². The van der Waals surface area contributed by atoms with Crippen LogP contribution in [0.15, 0.2) is 53.6 Å². The van der Waals surface area contributed by atoms with Crippen molar-refractivity contribution in [1.29, 1.82) is 0 Å². The Hall–Kier alpha value is -2.70. The fraction of sp³-hybridized carbons (Fsp3) is 0.269. The Labute approximate surface area is 196 Å². The van der Waals surface area contributed by atoms with Crippen LogP contribution in [0.3, 0.4) is 0 Å². The van der Waals surface area contributed by atoms with Crippen LogP contribution in [0.2, 0.25) is 0 Å². The van der Waals surface area contributed by atoms with Crippen molar-refractivity contribution in [2.75, 3.05) is 10.7 Å². The summed E-state index contributed by atoms with van der Waals surface area (Å²) in [5, 5.41) is 2.01. The molecule has 0 spiro atoms. The normalized spacial score (nSPS) is 13.0.